The van der Waals surface area contributed by atoms with E-state index >= 15 is 0 Å². The number of benzene rings is 1. The summed E-state index contributed by atoms with van der Waals surface area (Å²) in [6.45, 7) is 12.3. The fraction of sp³-hybridized carbons (Fsp3) is 0.667. The summed E-state index contributed by atoms with van der Waals surface area (Å²) in [5.41, 5.74) is 2.75. The first-order valence-electron chi connectivity index (χ1n) is 8.35. The summed E-state index contributed by atoms with van der Waals surface area (Å²) in [5.74, 6) is 0.709. The van der Waals surface area contributed by atoms with Gasteiger partial charge in [0.2, 0.25) is 0 Å². The molecule has 1 atom stereocenters. The van der Waals surface area contributed by atoms with E-state index in [9.17, 15) is 0 Å². The van der Waals surface area contributed by atoms with Crippen LogP contribution in [0.3, 0.4) is 0 Å². The van der Waals surface area contributed by atoms with Crippen LogP contribution >= 0.6 is 0 Å². The van der Waals surface area contributed by atoms with E-state index in [0.29, 0.717) is 12.0 Å². The molecule has 1 aliphatic rings. The quantitative estimate of drug-likeness (QED) is 0.868. The van der Waals surface area contributed by atoms with Crippen LogP contribution < -0.4 is 10.2 Å². The van der Waals surface area contributed by atoms with Crippen LogP contribution in [-0.2, 0) is 6.54 Å². The molecule has 118 valence electrons. The first kappa shape index (κ1) is 16.3. The number of anilines is 1. The van der Waals surface area contributed by atoms with Crippen LogP contribution in [0.25, 0.3) is 0 Å². The zero-order valence-corrected chi connectivity index (χ0v) is 14.1. The molecule has 1 heterocycles. The molecule has 0 aliphatic carbocycles. The van der Waals surface area contributed by atoms with Crippen LogP contribution in [0.15, 0.2) is 24.3 Å². The average Bonchev–Trinajstić information content (AvgIpc) is 2.48. The van der Waals surface area contributed by atoms with Crippen molar-refractivity contribution in [3.63, 3.8) is 0 Å². The highest BCUT2D eigenvalue weighted by atomic mass is 15.3. The van der Waals surface area contributed by atoms with E-state index in [4.69, 9.17) is 0 Å². The summed E-state index contributed by atoms with van der Waals surface area (Å²) in [6.07, 6.45) is 1.23. The van der Waals surface area contributed by atoms with E-state index in [1.165, 1.54) is 17.7 Å². The minimum Gasteiger partial charge on any atom is -0.369 e. The molecule has 1 aliphatic heterocycles. The summed E-state index contributed by atoms with van der Waals surface area (Å²) >= 11 is 0. The van der Waals surface area contributed by atoms with E-state index in [-0.39, 0.29) is 0 Å². The molecule has 21 heavy (non-hydrogen) atoms. The molecule has 1 unspecified atom stereocenters. The molecule has 2 rings (SSSR count). The van der Waals surface area contributed by atoms with Gasteiger partial charge in [-0.3, -0.25) is 4.90 Å². The Morgan fingerprint density at radius 3 is 2.52 bits per heavy atom. The average molecular weight is 289 g/mol. The molecule has 0 bridgehead atoms. The first-order valence-corrected chi connectivity index (χ1v) is 8.35. The van der Waals surface area contributed by atoms with Crippen molar-refractivity contribution in [2.45, 2.75) is 39.8 Å². The lowest BCUT2D eigenvalue weighted by molar-refractivity contribution is 0.213. The van der Waals surface area contributed by atoms with Crippen molar-refractivity contribution in [3.05, 3.63) is 29.8 Å². The minimum absolute atomic E-state index is 0.686. The number of rotatable bonds is 6. The third-order valence-corrected chi connectivity index (χ3v) is 4.43. The summed E-state index contributed by atoms with van der Waals surface area (Å²) < 4.78 is 0. The lowest BCUT2D eigenvalue weighted by Crippen LogP contribution is -2.51. The Hall–Kier alpha value is -1.06. The van der Waals surface area contributed by atoms with Crippen molar-refractivity contribution < 1.29 is 0 Å². The smallest absolute Gasteiger partial charge is 0.0367 e. The molecule has 1 aromatic rings. The van der Waals surface area contributed by atoms with Gasteiger partial charge in [-0.1, -0.05) is 32.9 Å². The molecule has 0 spiro atoms. The number of piperazine rings is 1. The zero-order valence-electron chi connectivity index (χ0n) is 14.1. The lowest BCUT2D eigenvalue weighted by atomic mass is 10.1. The monoisotopic (exact) mass is 289 g/mol. The molecule has 3 heteroatoms. The largest absolute Gasteiger partial charge is 0.369 e. The Morgan fingerprint density at radius 2 is 1.90 bits per heavy atom. The van der Waals surface area contributed by atoms with Gasteiger partial charge in [-0.25, -0.2) is 0 Å². The van der Waals surface area contributed by atoms with Gasteiger partial charge in [-0.15, -0.1) is 0 Å². The molecule has 0 radical (unpaired) electrons. The lowest BCUT2D eigenvalue weighted by Gasteiger charge is -2.40. The van der Waals surface area contributed by atoms with Gasteiger partial charge in [0.15, 0.2) is 0 Å². The highest BCUT2D eigenvalue weighted by molar-refractivity contribution is 5.48. The summed E-state index contributed by atoms with van der Waals surface area (Å²) in [6, 6.07) is 9.78. The Labute approximate surface area is 130 Å². The fourth-order valence-electron chi connectivity index (χ4n) is 2.95. The van der Waals surface area contributed by atoms with Crippen molar-refractivity contribution in [3.8, 4) is 0 Å². The number of nitrogens with zero attached hydrogens (tertiary/aromatic N) is 2. The SMILES string of the molecule is CCC1CN(c2ccc(CNCC(C)C)cc2)CCN1C. The number of hydrogen-bond donors (Lipinski definition) is 1. The Bertz CT molecular complexity index is 413. The topological polar surface area (TPSA) is 18.5 Å². The highest BCUT2D eigenvalue weighted by Gasteiger charge is 2.22. The number of nitrogens with one attached hydrogen (secondary N) is 1. The first-order chi connectivity index (χ1) is 10.1. The molecule has 1 fully saturated rings. The van der Waals surface area contributed by atoms with Crippen molar-refractivity contribution >= 4 is 5.69 Å². The van der Waals surface area contributed by atoms with Crippen molar-refractivity contribution in [1.29, 1.82) is 0 Å². The van der Waals surface area contributed by atoms with Crippen LogP contribution in [0, 0.1) is 5.92 Å². The molecule has 0 amide bonds. The molecule has 1 N–H and O–H groups in total. The second kappa shape index (κ2) is 7.81. The Morgan fingerprint density at radius 1 is 1.19 bits per heavy atom. The van der Waals surface area contributed by atoms with Gasteiger partial charge in [-0.2, -0.15) is 0 Å². The molecule has 1 saturated heterocycles. The van der Waals surface area contributed by atoms with Crippen LogP contribution in [0.5, 0.6) is 0 Å². The normalized spacial score (nSPS) is 20.2. The van der Waals surface area contributed by atoms with Gasteiger partial charge in [-0.05, 0) is 43.6 Å². The predicted molar refractivity (Wildman–Crippen MR) is 91.9 cm³/mol. The van der Waals surface area contributed by atoms with Gasteiger partial charge in [0.1, 0.15) is 0 Å². The zero-order chi connectivity index (χ0) is 15.2. The van der Waals surface area contributed by atoms with E-state index in [2.05, 4.69) is 67.2 Å². The van der Waals surface area contributed by atoms with Gasteiger partial charge >= 0.3 is 0 Å². The van der Waals surface area contributed by atoms with Crippen molar-refractivity contribution in [2.75, 3.05) is 38.1 Å². The number of hydrogen-bond acceptors (Lipinski definition) is 3. The predicted octanol–water partition coefficient (Wildman–Crippen LogP) is 2.96. The summed E-state index contributed by atoms with van der Waals surface area (Å²) in [7, 11) is 2.25. The standard InChI is InChI=1S/C18H31N3/c1-5-17-14-21(11-10-20(17)4)18-8-6-16(7-9-18)13-19-12-15(2)3/h6-9,15,17,19H,5,10-14H2,1-4H3. The molecule has 0 aromatic heterocycles. The van der Waals surface area contributed by atoms with Crippen LogP contribution in [-0.4, -0.2) is 44.2 Å². The van der Waals surface area contributed by atoms with Crippen LogP contribution in [0.4, 0.5) is 5.69 Å². The maximum atomic E-state index is 3.50. The van der Waals surface area contributed by atoms with E-state index in [1.807, 2.05) is 0 Å². The highest BCUT2D eigenvalue weighted by Crippen LogP contribution is 2.20. The number of likely N-dealkylation sites (N-methyl/N-ethyl adjacent to an activating group) is 1. The Balaban J connectivity index is 1.89. The summed E-state index contributed by atoms with van der Waals surface area (Å²) in [4.78, 5) is 5.01. The third-order valence-electron chi connectivity index (χ3n) is 4.43. The molecular formula is C18H31N3. The molecule has 3 nitrogen and oxygen atoms in total. The Kier molecular flexibility index (Phi) is 6.07. The van der Waals surface area contributed by atoms with E-state index < -0.39 is 0 Å². The van der Waals surface area contributed by atoms with Gasteiger partial charge in [0.05, 0.1) is 0 Å². The summed E-state index contributed by atoms with van der Waals surface area (Å²) in [5, 5.41) is 3.50. The van der Waals surface area contributed by atoms with Crippen molar-refractivity contribution in [2.24, 2.45) is 5.92 Å². The van der Waals surface area contributed by atoms with E-state index in [0.717, 1.165) is 32.7 Å². The maximum absolute atomic E-state index is 3.50. The molecule has 0 saturated carbocycles. The van der Waals surface area contributed by atoms with E-state index in [1.54, 1.807) is 0 Å². The van der Waals surface area contributed by atoms with Gasteiger partial charge in [0.25, 0.3) is 0 Å². The third kappa shape index (κ3) is 4.72. The van der Waals surface area contributed by atoms with Crippen molar-refractivity contribution in [1.82, 2.24) is 10.2 Å². The van der Waals surface area contributed by atoms with Gasteiger partial charge in [0, 0.05) is 37.9 Å². The van der Waals surface area contributed by atoms with Crippen LogP contribution in [0.2, 0.25) is 0 Å². The fourth-order valence-corrected chi connectivity index (χ4v) is 2.95. The van der Waals surface area contributed by atoms with Gasteiger partial charge < -0.3 is 10.2 Å². The second-order valence-electron chi connectivity index (χ2n) is 6.68. The second-order valence-corrected chi connectivity index (χ2v) is 6.68. The minimum atomic E-state index is 0.686. The molecule has 1 aromatic carbocycles. The van der Waals surface area contributed by atoms with Crippen LogP contribution in [0.1, 0.15) is 32.8 Å². The maximum Gasteiger partial charge on any atom is 0.0367 e. The molecular weight excluding hydrogens is 258 g/mol.